The number of benzene rings is 2. The number of amides is 2. The van der Waals surface area contributed by atoms with Gasteiger partial charge in [0.25, 0.3) is 0 Å². The zero-order chi connectivity index (χ0) is 24.1. The molecular formula is C26H26Cl4N2O2. The van der Waals surface area contributed by atoms with Crippen LogP contribution in [-0.2, 0) is 9.59 Å². The average molecular weight is 540 g/mol. The van der Waals surface area contributed by atoms with Gasteiger partial charge in [0.2, 0.25) is 11.8 Å². The molecule has 2 N–H and O–H groups in total. The molecule has 4 aliphatic rings. The summed E-state index contributed by atoms with van der Waals surface area (Å²) in [5.74, 6) is 1.03. The monoisotopic (exact) mass is 538 g/mol. The van der Waals surface area contributed by atoms with E-state index in [0.29, 0.717) is 56.1 Å². The average Bonchev–Trinajstić information content (AvgIpc) is 2.71. The zero-order valence-electron chi connectivity index (χ0n) is 18.6. The number of anilines is 2. The van der Waals surface area contributed by atoms with Crippen LogP contribution < -0.4 is 10.6 Å². The van der Waals surface area contributed by atoms with Gasteiger partial charge in [-0.1, -0.05) is 46.4 Å². The molecule has 4 fully saturated rings. The van der Waals surface area contributed by atoms with Gasteiger partial charge in [-0.25, -0.2) is 0 Å². The van der Waals surface area contributed by atoms with Gasteiger partial charge in [-0.05, 0) is 97.6 Å². The Morgan fingerprint density at radius 2 is 1.15 bits per heavy atom. The molecule has 2 aromatic carbocycles. The molecule has 0 aromatic heterocycles. The molecule has 4 nitrogen and oxygen atoms in total. The minimum Gasteiger partial charge on any atom is -0.325 e. The van der Waals surface area contributed by atoms with Crippen molar-refractivity contribution in [1.29, 1.82) is 0 Å². The number of hydrogen-bond donors (Lipinski definition) is 2. The van der Waals surface area contributed by atoms with Crippen molar-refractivity contribution in [2.45, 2.75) is 51.4 Å². The van der Waals surface area contributed by atoms with Gasteiger partial charge in [0.1, 0.15) is 0 Å². The molecule has 4 bridgehead atoms. The number of carbonyl (C=O) groups excluding carboxylic acids is 2. The second-order valence-corrected chi connectivity index (χ2v) is 12.3. The van der Waals surface area contributed by atoms with E-state index in [0.717, 1.165) is 32.1 Å². The first-order chi connectivity index (χ1) is 16.1. The van der Waals surface area contributed by atoms with E-state index in [-0.39, 0.29) is 22.6 Å². The number of carbonyl (C=O) groups is 2. The van der Waals surface area contributed by atoms with Crippen LogP contribution >= 0.6 is 46.4 Å². The molecule has 0 spiro atoms. The Labute approximate surface area is 219 Å². The predicted octanol–water partition coefficient (Wildman–Crippen LogP) is 8.24. The van der Waals surface area contributed by atoms with Crippen molar-refractivity contribution in [3.8, 4) is 0 Å². The summed E-state index contributed by atoms with van der Waals surface area (Å²) in [5.41, 5.74) is 0.924. The van der Waals surface area contributed by atoms with Crippen LogP contribution in [0.3, 0.4) is 0 Å². The van der Waals surface area contributed by atoms with Crippen LogP contribution in [0.25, 0.3) is 0 Å². The van der Waals surface area contributed by atoms with Crippen molar-refractivity contribution < 1.29 is 9.59 Å². The molecule has 8 heteroatoms. The maximum Gasteiger partial charge on any atom is 0.224 e. The van der Waals surface area contributed by atoms with Gasteiger partial charge < -0.3 is 10.6 Å². The minimum atomic E-state index is -0.0762. The van der Waals surface area contributed by atoms with Crippen molar-refractivity contribution in [3.05, 3.63) is 56.5 Å². The first-order valence-electron chi connectivity index (χ1n) is 11.6. The molecule has 0 unspecified atom stereocenters. The summed E-state index contributed by atoms with van der Waals surface area (Å²) < 4.78 is 0. The van der Waals surface area contributed by atoms with Crippen molar-refractivity contribution in [3.63, 3.8) is 0 Å². The largest absolute Gasteiger partial charge is 0.325 e. The molecule has 4 saturated carbocycles. The van der Waals surface area contributed by atoms with Crippen molar-refractivity contribution in [1.82, 2.24) is 0 Å². The van der Waals surface area contributed by atoms with Crippen LogP contribution in [0.1, 0.15) is 51.4 Å². The van der Waals surface area contributed by atoms with E-state index in [1.165, 1.54) is 6.42 Å². The highest BCUT2D eigenvalue weighted by Gasteiger charge is 2.58. The highest BCUT2D eigenvalue weighted by Crippen LogP contribution is 2.67. The van der Waals surface area contributed by atoms with Gasteiger partial charge in [-0.2, -0.15) is 0 Å². The van der Waals surface area contributed by atoms with Gasteiger partial charge in [0.05, 0.1) is 21.4 Å². The molecule has 0 saturated heterocycles. The fraction of sp³-hybridized carbons (Fsp3) is 0.462. The lowest BCUT2D eigenvalue weighted by Gasteiger charge is -2.62. The van der Waals surface area contributed by atoms with E-state index in [1.54, 1.807) is 36.4 Å². The lowest BCUT2D eigenvalue weighted by Crippen LogP contribution is -2.53. The summed E-state index contributed by atoms with van der Waals surface area (Å²) in [4.78, 5) is 26.2. The molecule has 34 heavy (non-hydrogen) atoms. The Hall–Kier alpha value is -1.46. The first kappa shape index (κ1) is 24.2. The third-order valence-corrected chi connectivity index (χ3v) is 8.91. The first-order valence-corrected chi connectivity index (χ1v) is 13.1. The van der Waals surface area contributed by atoms with E-state index in [2.05, 4.69) is 10.6 Å². The molecule has 2 aromatic rings. The Balaban J connectivity index is 1.30. The fourth-order valence-corrected chi connectivity index (χ4v) is 7.99. The van der Waals surface area contributed by atoms with E-state index in [1.807, 2.05) is 0 Å². The second kappa shape index (κ2) is 9.20. The smallest absolute Gasteiger partial charge is 0.224 e. The zero-order valence-corrected chi connectivity index (χ0v) is 21.6. The van der Waals surface area contributed by atoms with E-state index in [4.69, 9.17) is 46.4 Å². The van der Waals surface area contributed by atoms with E-state index < -0.39 is 0 Å². The van der Waals surface area contributed by atoms with Gasteiger partial charge in [0.15, 0.2) is 0 Å². The molecule has 2 amide bonds. The summed E-state index contributed by atoms with van der Waals surface area (Å²) in [6, 6.07) is 10.1. The topological polar surface area (TPSA) is 58.2 Å². The number of nitrogens with one attached hydrogen (secondary N) is 2. The standard InChI is InChI=1S/C26H26Cl4N2O2/c27-17-1-3-19(29)21(6-17)31-23(33)12-25-8-15-5-16(9-25)11-26(10-15,14-25)13-24(34)32-22-7-18(28)2-4-20(22)30/h1-4,6-7,15-16H,5,8-14H2,(H,31,33)(H,32,34). The number of halogens is 4. The van der Waals surface area contributed by atoms with Crippen LogP contribution in [0.2, 0.25) is 20.1 Å². The summed E-state index contributed by atoms with van der Waals surface area (Å²) in [6.45, 7) is 0. The van der Waals surface area contributed by atoms with E-state index >= 15 is 0 Å². The third kappa shape index (κ3) is 5.06. The van der Waals surface area contributed by atoms with Crippen LogP contribution in [0.15, 0.2) is 36.4 Å². The Kier molecular flexibility index (Phi) is 6.56. The highest BCUT2D eigenvalue weighted by molar-refractivity contribution is 6.36. The summed E-state index contributed by atoms with van der Waals surface area (Å²) in [5, 5.41) is 7.91. The SMILES string of the molecule is O=C(CC12CC3CC(C1)CC(CC(=O)Nc1cc(Cl)ccc1Cl)(C3)C2)Nc1cc(Cl)ccc1Cl. The molecule has 0 radical (unpaired) electrons. The normalized spacial score (nSPS) is 29.2. The van der Waals surface area contributed by atoms with Crippen LogP contribution in [0.4, 0.5) is 11.4 Å². The molecule has 180 valence electrons. The number of rotatable bonds is 6. The maximum absolute atomic E-state index is 13.1. The van der Waals surface area contributed by atoms with E-state index in [9.17, 15) is 9.59 Å². The van der Waals surface area contributed by atoms with Gasteiger partial charge in [-0.3, -0.25) is 9.59 Å². The summed E-state index contributed by atoms with van der Waals surface area (Å²) in [7, 11) is 0. The number of hydrogen-bond acceptors (Lipinski definition) is 2. The van der Waals surface area contributed by atoms with Crippen LogP contribution in [0.5, 0.6) is 0 Å². The van der Waals surface area contributed by atoms with Crippen LogP contribution in [-0.4, -0.2) is 11.8 Å². The third-order valence-electron chi connectivity index (χ3n) is 7.78. The Morgan fingerprint density at radius 3 is 1.56 bits per heavy atom. The molecule has 6 rings (SSSR count). The predicted molar refractivity (Wildman–Crippen MR) is 139 cm³/mol. The molecule has 4 aliphatic carbocycles. The lowest BCUT2D eigenvalue weighted by atomic mass is 9.43. The summed E-state index contributed by atoms with van der Waals surface area (Å²) in [6.07, 6.45) is 7.15. The molecule has 0 heterocycles. The Morgan fingerprint density at radius 1 is 0.735 bits per heavy atom. The molecule has 0 aliphatic heterocycles. The fourth-order valence-electron chi connectivity index (χ4n) is 7.32. The van der Waals surface area contributed by atoms with Crippen molar-refractivity contribution in [2.24, 2.45) is 22.7 Å². The van der Waals surface area contributed by atoms with Gasteiger partial charge >= 0.3 is 0 Å². The molecule has 0 atom stereocenters. The van der Waals surface area contributed by atoms with Gasteiger partial charge in [-0.15, -0.1) is 0 Å². The quantitative estimate of drug-likeness (QED) is 0.388. The maximum atomic E-state index is 13.1. The lowest BCUT2D eigenvalue weighted by molar-refractivity contribution is -0.142. The minimum absolute atomic E-state index is 0.0450. The second-order valence-electron chi connectivity index (χ2n) is 10.7. The van der Waals surface area contributed by atoms with Crippen LogP contribution in [0, 0.1) is 22.7 Å². The highest BCUT2D eigenvalue weighted by atomic mass is 35.5. The molecular weight excluding hydrogens is 514 g/mol. The van der Waals surface area contributed by atoms with Gasteiger partial charge in [0, 0.05) is 22.9 Å². The van der Waals surface area contributed by atoms with Crippen molar-refractivity contribution >= 4 is 69.6 Å². The Bertz CT molecular complexity index is 1050. The summed E-state index contributed by atoms with van der Waals surface area (Å²) >= 11 is 24.7. The van der Waals surface area contributed by atoms with Crippen molar-refractivity contribution in [2.75, 3.05) is 10.6 Å².